The topological polar surface area (TPSA) is 64.3 Å². The highest BCUT2D eigenvalue weighted by Crippen LogP contribution is 2.25. The molecule has 2 N–H and O–H groups in total. The molecule has 3 rings (SSSR count). The van der Waals surface area contributed by atoms with E-state index in [1.54, 1.807) is 24.4 Å². The maximum absolute atomic E-state index is 14.0. The Labute approximate surface area is 128 Å². The lowest BCUT2D eigenvalue weighted by Gasteiger charge is -2.32. The van der Waals surface area contributed by atoms with Gasteiger partial charge in [0.05, 0.1) is 18.4 Å². The highest BCUT2D eigenvalue weighted by atomic mass is 19.1. The Balaban J connectivity index is 1.95. The van der Waals surface area contributed by atoms with Gasteiger partial charge < -0.3 is 15.4 Å². The molecular formula is C16H19FN4O. The monoisotopic (exact) mass is 302 g/mol. The molecule has 22 heavy (non-hydrogen) atoms. The molecule has 1 aliphatic heterocycles. The van der Waals surface area contributed by atoms with Crippen molar-refractivity contribution >= 4 is 5.95 Å². The van der Waals surface area contributed by atoms with Crippen molar-refractivity contribution in [1.82, 2.24) is 9.97 Å². The Morgan fingerprint density at radius 1 is 1.41 bits per heavy atom. The number of morpholine rings is 1. The molecule has 1 atom stereocenters. The third kappa shape index (κ3) is 2.93. The number of nitrogens with two attached hydrogens (primary N) is 1. The Morgan fingerprint density at radius 3 is 3.00 bits per heavy atom. The van der Waals surface area contributed by atoms with Gasteiger partial charge >= 0.3 is 0 Å². The number of anilines is 1. The molecule has 0 radical (unpaired) electrons. The van der Waals surface area contributed by atoms with Crippen LogP contribution in [0.5, 0.6) is 0 Å². The molecular weight excluding hydrogens is 283 g/mol. The lowest BCUT2D eigenvalue weighted by atomic mass is 10.1. The number of benzene rings is 1. The fourth-order valence-corrected chi connectivity index (χ4v) is 2.55. The summed E-state index contributed by atoms with van der Waals surface area (Å²) in [5.41, 5.74) is 7.63. The third-order valence-corrected chi connectivity index (χ3v) is 3.77. The van der Waals surface area contributed by atoms with E-state index in [-0.39, 0.29) is 11.9 Å². The largest absolute Gasteiger partial charge is 0.373 e. The van der Waals surface area contributed by atoms with Crippen molar-refractivity contribution in [1.29, 1.82) is 0 Å². The van der Waals surface area contributed by atoms with Crippen LogP contribution in [-0.4, -0.2) is 42.3 Å². The van der Waals surface area contributed by atoms with Crippen LogP contribution in [0, 0.1) is 12.7 Å². The summed E-state index contributed by atoms with van der Waals surface area (Å²) >= 11 is 0. The van der Waals surface area contributed by atoms with Crippen molar-refractivity contribution in [2.75, 3.05) is 31.1 Å². The van der Waals surface area contributed by atoms with Crippen molar-refractivity contribution in [2.24, 2.45) is 5.73 Å². The fraction of sp³-hybridized carbons (Fsp3) is 0.375. The van der Waals surface area contributed by atoms with E-state index in [9.17, 15) is 4.39 Å². The van der Waals surface area contributed by atoms with Crippen molar-refractivity contribution < 1.29 is 9.13 Å². The van der Waals surface area contributed by atoms with Gasteiger partial charge in [-0.3, -0.25) is 0 Å². The summed E-state index contributed by atoms with van der Waals surface area (Å²) < 4.78 is 19.6. The first kappa shape index (κ1) is 14.9. The molecule has 2 aromatic rings. The fourth-order valence-electron chi connectivity index (χ4n) is 2.55. The average Bonchev–Trinajstić information content (AvgIpc) is 2.56. The smallest absolute Gasteiger partial charge is 0.226 e. The molecule has 5 nitrogen and oxygen atoms in total. The van der Waals surface area contributed by atoms with E-state index >= 15 is 0 Å². The molecule has 1 aromatic heterocycles. The molecule has 0 unspecified atom stereocenters. The number of ether oxygens (including phenoxy) is 1. The Hall–Kier alpha value is -2.05. The van der Waals surface area contributed by atoms with Crippen LogP contribution in [-0.2, 0) is 4.74 Å². The van der Waals surface area contributed by atoms with Crippen LogP contribution in [0.1, 0.15) is 5.56 Å². The van der Waals surface area contributed by atoms with E-state index in [4.69, 9.17) is 10.5 Å². The normalized spacial score (nSPS) is 18.5. The van der Waals surface area contributed by atoms with Crippen molar-refractivity contribution in [3.8, 4) is 11.3 Å². The van der Waals surface area contributed by atoms with Crippen LogP contribution in [0.3, 0.4) is 0 Å². The van der Waals surface area contributed by atoms with Crippen LogP contribution in [0.2, 0.25) is 0 Å². The van der Waals surface area contributed by atoms with Crippen LogP contribution in [0.4, 0.5) is 10.3 Å². The molecule has 0 aliphatic carbocycles. The van der Waals surface area contributed by atoms with Gasteiger partial charge in [-0.2, -0.15) is 0 Å². The van der Waals surface area contributed by atoms with Gasteiger partial charge in [0.15, 0.2) is 0 Å². The molecule has 0 spiro atoms. The predicted octanol–water partition coefficient (Wildman–Crippen LogP) is 1.76. The second kappa shape index (κ2) is 6.37. The minimum Gasteiger partial charge on any atom is -0.373 e. The maximum Gasteiger partial charge on any atom is 0.226 e. The number of aryl methyl sites for hydroxylation is 1. The molecule has 1 aliphatic rings. The van der Waals surface area contributed by atoms with Gasteiger partial charge in [0.2, 0.25) is 5.95 Å². The van der Waals surface area contributed by atoms with Crippen LogP contribution in [0.25, 0.3) is 11.3 Å². The minimum absolute atomic E-state index is 0.0180. The summed E-state index contributed by atoms with van der Waals surface area (Å²) in [5, 5.41) is 0. The number of aromatic nitrogens is 2. The minimum atomic E-state index is -0.280. The van der Waals surface area contributed by atoms with Gasteiger partial charge in [0.1, 0.15) is 5.82 Å². The van der Waals surface area contributed by atoms with Crippen LogP contribution in [0.15, 0.2) is 30.5 Å². The summed E-state index contributed by atoms with van der Waals surface area (Å²) in [4.78, 5) is 11.0. The SMILES string of the molecule is Cc1cnc(N2CCO[C@@H](CN)C2)nc1-c1ccccc1F. The summed E-state index contributed by atoms with van der Waals surface area (Å²) in [6.07, 6.45) is 1.72. The molecule has 1 fully saturated rings. The first-order valence-electron chi connectivity index (χ1n) is 7.34. The van der Waals surface area contributed by atoms with Gasteiger partial charge in [0, 0.05) is 31.4 Å². The van der Waals surface area contributed by atoms with E-state index in [2.05, 4.69) is 9.97 Å². The van der Waals surface area contributed by atoms with Gasteiger partial charge in [-0.1, -0.05) is 12.1 Å². The zero-order chi connectivity index (χ0) is 15.5. The molecule has 116 valence electrons. The predicted molar refractivity (Wildman–Crippen MR) is 83.2 cm³/mol. The first-order chi connectivity index (χ1) is 10.7. The zero-order valence-corrected chi connectivity index (χ0v) is 12.5. The highest BCUT2D eigenvalue weighted by molar-refractivity contribution is 5.64. The second-order valence-corrected chi connectivity index (χ2v) is 5.36. The zero-order valence-electron chi connectivity index (χ0n) is 12.5. The molecule has 2 heterocycles. The van der Waals surface area contributed by atoms with Crippen molar-refractivity contribution in [3.05, 3.63) is 41.8 Å². The molecule has 0 saturated carbocycles. The average molecular weight is 302 g/mol. The van der Waals surface area contributed by atoms with Crippen molar-refractivity contribution in [2.45, 2.75) is 13.0 Å². The molecule has 1 aromatic carbocycles. The van der Waals surface area contributed by atoms with E-state index in [0.717, 1.165) is 5.56 Å². The lowest BCUT2D eigenvalue weighted by molar-refractivity contribution is 0.0460. The van der Waals surface area contributed by atoms with Crippen molar-refractivity contribution in [3.63, 3.8) is 0 Å². The van der Waals surface area contributed by atoms with E-state index in [1.807, 2.05) is 11.8 Å². The number of hydrogen-bond donors (Lipinski definition) is 1. The summed E-state index contributed by atoms with van der Waals surface area (Å²) in [5.74, 6) is 0.308. The maximum atomic E-state index is 14.0. The van der Waals surface area contributed by atoms with E-state index < -0.39 is 0 Å². The van der Waals surface area contributed by atoms with Crippen LogP contribution >= 0.6 is 0 Å². The number of halogens is 1. The Morgan fingerprint density at radius 2 is 2.23 bits per heavy atom. The number of rotatable bonds is 3. The third-order valence-electron chi connectivity index (χ3n) is 3.77. The summed E-state index contributed by atoms with van der Waals surface area (Å²) in [6, 6.07) is 6.65. The first-order valence-corrected chi connectivity index (χ1v) is 7.34. The number of hydrogen-bond acceptors (Lipinski definition) is 5. The summed E-state index contributed by atoms with van der Waals surface area (Å²) in [6.45, 7) is 4.29. The highest BCUT2D eigenvalue weighted by Gasteiger charge is 2.22. The molecule has 0 amide bonds. The molecule has 0 bridgehead atoms. The van der Waals surface area contributed by atoms with E-state index in [0.29, 0.717) is 43.4 Å². The second-order valence-electron chi connectivity index (χ2n) is 5.36. The van der Waals surface area contributed by atoms with Gasteiger partial charge in [-0.05, 0) is 24.6 Å². The van der Waals surface area contributed by atoms with Gasteiger partial charge in [-0.25, -0.2) is 14.4 Å². The van der Waals surface area contributed by atoms with E-state index in [1.165, 1.54) is 6.07 Å². The Kier molecular flexibility index (Phi) is 4.31. The standard InChI is InChI=1S/C16H19FN4O/c1-11-9-19-16(21-6-7-22-12(8-18)10-21)20-15(11)13-4-2-3-5-14(13)17/h2-5,9,12H,6-8,10,18H2,1H3/t12-/m0/s1. The Bertz CT molecular complexity index is 664. The van der Waals surface area contributed by atoms with Gasteiger partial charge in [0.25, 0.3) is 0 Å². The summed E-state index contributed by atoms with van der Waals surface area (Å²) in [7, 11) is 0. The van der Waals surface area contributed by atoms with Crippen LogP contribution < -0.4 is 10.6 Å². The lowest BCUT2D eigenvalue weighted by Crippen LogP contribution is -2.46. The molecule has 1 saturated heterocycles. The number of nitrogens with zero attached hydrogens (tertiary/aromatic N) is 3. The quantitative estimate of drug-likeness (QED) is 0.936. The molecule has 6 heteroatoms. The van der Waals surface area contributed by atoms with Gasteiger partial charge in [-0.15, -0.1) is 0 Å².